The zero-order valence-electron chi connectivity index (χ0n) is 10.4. The maximum Gasteiger partial charge on any atom is 0.224 e. The van der Waals surface area contributed by atoms with Gasteiger partial charge in [0.25, 0.3) is 0 Å². The number of alkyl halides is 1. The summed E-state index contributed by atoms with van der Waals surface area (Å²) >= 11 is 7.36. The van der Waals surface area contributed by atoms with Crippen molar-refractivity contribution in [2.75, 3.05) is 26.5 Å². The van der Waals surface area contributed by atoms with E-state index in [0.29, 0.717) is 12.4 Å². The first kappa shape index (κ1) is 14.5. The fourth-order valence-electron chi connectivity index (χ4n) is 1.46. The number of carbonyl (C=O) groups is 1. The molecule has 0 fully saturated rings. The molecule has 1 aromatic rings. The van der Waals surface area contributed by atoms with Crippen LogP contribution in [0.5, 0.6) is 0 Å². The molecule has 0 bridgehead atoms. The fourth-order valence-corrected chi connectivity index (χ4v) is 2.52. The van der Waals surface area contributed by atoms with Crippen molar-refractivity contribution < 1.29 is 4.79 Å². The van der Waals surface area contributed by atoms with Gasteiger partial charge in [-0.25, -0.2) is 0 Å². The number of nitrogens with one attached hydrogen (secondary N) is 1. The van der Waals surface area contributed by atoms with Crippen LogP contribution in [-0.2, 0) is 4.79 Å². The van der Waals surface area contributed by atoms with E-state index in [2.05, 4.69) is 21.7 Å². The quantitative estimate of drug-likeness (QED) is 0.808. The Morgan fingerprint density at radius 3 is 2.76 bits per heavy atom. The van der Waals surface area contributed by atoms with Crippen LogP contribution in [0.4, 0.5) is 0 Å². The molecule has 0 spiro atoms. The Labute approximate surface area is 112 Å². The van der Waals surface area contributed by atoms with Crippen LogP contribution in [0.15, 0.2) is 17.5 Å². The zero-order valence-corrected chi connectivity index (χ0v) is 12.0. The second kappa shape index (κ2) is 6.99. The molecule has 0 aliphatic carbocycles. The smallest absolute Gasteiger partial charge is 0.224 e. The van der Waals surface area contributed by atoms with Crippen molar-refractivity contribution in [2.24, 2.45) is 5.92 Å². The molecule has 0 saturated carbocycles. The van der Waals surface area contributed by atoms with Crippen molar-refractivity contribution in [1.29, 1.82) is 0 Å². The molecule has 1 rings (SSSR count). The minimum atomic E-state index is -0.136. The molecule has 0 radical (unpaired) electrons. The molecule has 96 valence electrons. The summed E-state index contributed by atoms with van der Waals surface area (Å²) in [5, 5.41) is 5.00. The first-order chi connectivity index (χ1) is 8.06. The molecule has 0 aromatic carbocycles. The average molecular weight is 275 g/mol. The van der Waals surface area contributed by atoms with Gasteiger partial charge >= 0.3 is 0 Å². The zero-order chi connectivity index (χ0) is 12.8. The molecule has 17 heavy (non-hydrogen) atoms. The summed E-state index contributed by atoms with van der Waals surface area (Å²) < 4.78 is 0. The topological polar surface area (TPSA) is 32.3 Å². The van der Waals surface area contributed by atoms with Gasteiger partial charge in [0.2, 0.25) is 5.91 Å². The number of halogens is 1. The standard InChI is InChI=1S/C12H19ClN2OS/c1-9(7-13)12(16)14-8-10(15(2)3)11-5-4-6-17-11/h4-6,9-10H,7-8H2,1-3H3,(H,14,16). The number of hydrogen-bond acceptors (Lipinski definition) is 3. The van der Waals surface area contributed by atoms with Gasteiger partial charge in [-0.2, -0.15) is 0 Å². The summed E-state index contributed by atoms with van der Waals surface area (Å²) in [6.45, 7) is 2.45. The Morgan fingerprint density at radius 2 is 2.29 bits per heavy atom. The van der Waals surface area contributed by atoms with Crippen LogP contribution >= 0.6 is 22.9 Å². The van der Waals surface area contributed by atoms with Gasteiger partial charge in [0.15, 0.2) is 0 Å². The highest BCUT2D eigenvalue weighted by molar-refractivity contribution is 7.10. The van der Waals surface area contributed by atoms with Crippen LogP contribution in [0.25, 0.3) is 0 Å². The molecule has 1 heterocycles. The minimum absolute atomic E-state index is 0.0170. The van der Waals surface area contributed by atoms with Crippen LogP contribution < -0.4 is 5.32 Å². The number of likely N-dealkylation sites (N-methyl/N-ethyl adjacent to an activating group) is 1. The van der Waals surface area contributed by atoms with Gasteiger partial charge in [-0.15, -0.1) is 22.9 Å². The van der Waals surface area contributed by atoms with E-state index in [4.69, 9.17) is 11.6 Å². The molecule has 1 N–H and O–H groups in total. The predicted molar refractivity (Wildman–Crippen MR) is 73.6 cm³/mol. The van der Waals surface area contributed by atoms with Crippen LogP contribution in [0.1, 0.15) is 17.8 Å². The van der Waals surface area contributed by atoms with E-state index in [1.165, 1.54) is 4.88 Å². The number of carbonyl (C=O) groups excluding carboxylic acids is 1. The third kappa shape index (κ3) is 4.30. The van der Waals surface area contributed by atoms with E-state index in [9.17, 15) is 4.79 Å². The molecule has 5 heteroatoms. The molecular formula is C12H19ClN2OS. The summed E-state index contributed by atoms with van der Waals surface area (Å²) in [5.41, 5.74) is 0. The molecule has 3 nitrogen and oxygen atoms in total. The van der Waals surface area contributed by atoms with Crippen molar-refractivity contribution in [3.63, 3.8) is 0 Å². The number of rotatable bonds is 6. The van der Waals surface area contributed by atoms with E-state index in [0.717, 1.165) is 0 Å². The van der Waals surface area contributed by atoms with E-state index in [1.54, 1.807) is 11.3 Å². The molecule has 0 aliphatic rings. The van der Waals surface area contributed by atoms with Gasteiger partial charge in [-0.05, 0) is 25.5 Å². The Kier molecular flexibility index (Phi) is 5.95. The Balaban J connectivity index is 2.55. The Morgan fingerprint density at radius 1 is 1.59 bits per heavy atom. The average Bonchev–Trinajstić information content (AvgIpc) is 2.81. The van der Waals surface area contributed by atoms with Crippen molar-refractivity contribution in [2.45, 2.75) is 13.0 Å². The van der Waals surface area contributed by atoms with Gasteiger partial charge in [-0.3, -0.25) is 4.79 Å². The molecule has 0 aliphatic heterocycles. The van der Waals surface area contributed by atoms with E-state index in [-0.39, 0.29) is 17.9 Å². The maximum atomic E-state index is 11.7. The van der Waals surface area contributed by atoms with E-state index < -0.39 is 0 Å². The van der Waals surface area contributed by atoms with E-state index in [1.807, 2.05) is 27.1 Å². The lowest BCUT2D eigenvalue weighted by atomic mass is 10.2. The molecule has 1 aromatic heterocycles. The van der Waals surface area contributed by atoms with Gasteiger partial charge < -0.3 is 10.2 Å². The van der Waals surface area contributed by atoms with Crippen molar-refractivity contribution in [3.05, 3.63) is 22.4 Å². The number of hydrogen-bond donors (Lipinski definition) is 1. The number of thiophene rings is 1. The highest BCUT2D eigenvalue weighted by Crippen LogP contribution is 2.22. The summed E-state index contributed by atoms with van der Waals surface area (Å²) in [6, 6.07) is 4.34. The first-order valence-corrected chi connectivity index (χ1v) is 7.01. The highest BCUT2D eigenvalue weighted by atomic mass is 35.5. The van der Waals surface area contributed by atoms with Gasteiger partial charge in [0.1, 0.15) is 0 Å². The first-order valence-electron chi connectivity index (χ1n) is 5.59. The number of nitrogens with zero attached hydrogens (tertiary/aromatic N) is 1. The van der Waals surface area contributed by atoms with E-state index >= 15 is 0 Å². The van der Waals surface area contributed by atoms with Crippen molar-refractivity contribution in [3.8, 4) is 0 Å². The SMILES string of the molecule is CC(CCl)C(=O)NCC(c1cccs1)N(C)C. The van der Waals surface area contributed by atoms with Crippen molar-refractivity contribution in [1.82, 2.24) is 10.2 Å². The molecule has 1 amide bonds. The third-order valence-electron chi connectivity index (χ3n) is 2.64. The highest BCUT2D eigenvalue weighted by Gasteiger charge is 2.18. The second-order valence-corrected chi connectivity index (χ2v) is 5.58. The predicted octanol–water partition coefficient (Wildman–Crippen LogP) is 2.34. The summed E-state index contributed by atoms with van der Waals surface area (Å²) in [7, 11) is 4.03. The molecule has 0 saturated heterocycles. The largest absolute Gasteiger partial charge is 0.354 e. The van der Waals surface area contributed by atoms with Gasteiger partial charge in [-0.1, -0.05) is 13.0 Å². The van der Waals surface area contributed by atoms with Crippen LogP contribution in [0.2, 0.25) is 0 Å². The summed E-state index contributed by atoms with van der Waals surface area (Å²) in [5.74, 6) is 0.239. The summed E-state index contributed by atoms with van der Waals surface area (Å²) in [6.07, 6.45) is 0. The Hall–Kier alpha value is -0.580. The Bertz CT molecular complexity index is 340. The second-order valence-electron chi connectivity index (χ2n) is 4.30. The molecule has 2 atom stereocenters. The minimum Gasteiger partial charge on any atom is -0.354 e. The monoisotopic (exact) mass is 274 g/mol. The molecule has 2 unspecified atom stereocenters. The summed E-state index contributed by atoms with van der Waals surface area (Å²) in [4.78, 5) is 15.0. The lowest BCUT2D eigenvalue weighted by Crippen LogP contribution is -2.37. The lowest BCUT2D eigenvalue weighted by molar-refractivity contribution is -0.124. The van der Waals surface area contributed by atoms with Gasteiger partial charge in [0.05, 0.1) is 6.04 Å². The fraction of sp³-hybridized carbons (Fsp3) is 0.583. The van der Waals surface area contributed by atoms with Gasteiger partial charge in [0, 0.05) is 23.2 Å². The van der Waals surface area contributed by atoms with Crippen molar-refractivity contribution >= 4 is 28.8 Å². The normalized spacial score (nSPS) is 14.6. The van der Waals surface area contributed by atoms with Crippen LogP contribution in [-0.4, -0.2) is 37.3 Å². The lowest BCUT2D eigenvalue weighted by Gasteiger charge is -2.24. The van der Waals surface area contributed by atoms with Crippen LogP contribution in [0.3, 0.4) is 0 Å². The number of amides is 1. The van der Waals surface area contributed by atoms with Crippen LogP contribution in [0, 0.1) is 5.92 Å². The maximum absolute atomic E-state index is 11.7. The molecular weight excluding hydrogens is 256 g/mol. The third-order valence-corrected chi connectivity index (χ3v) is 4.08.